The fraction of sp³-hybridized carbons (Fsp3) is 0.800. The third kappa shape index (κ3) is 2.46. The summed E-state index contributed by atoms with van der Waals surface area (Å²) in [7, 11) is 0. The molecule has 0 spiro atoms. The predicted molar refractivity (Wildman–Crippen MR) is 60.1 cm³/mol. The highest BCUT2D eigenvalue weighted by Crippen LogP contribution is 2.30. The van der Waals surface area contributed by atoms with Crippen LogP contribution in [0.15, 0.2) is 12.2 Å². The zero-order chi connectivity index (χ0) is 8.23. The molecular formula is C10H16S2. The van der Waals surface area contributed by atoms with E-state index in [0.717, 1.165) is 10.5 Å². The fourth-order valence-corrected chi connectivity index (χ4v) is 4.10. The largest absolute Gasteiger partial charge is 0.154 e. The van der Waals surface area contributed by atoms with Gasteiger partial charge in [0, 0.05) is 10.5 Å². The van der Waals surface area contributed by atoms with Gasteiger partial charge in [-0.1, -0.05) is 12.2 Å². The maximum atomic E-state index is 2.46. The molecule has 2 saturated heterocycles. The summed E-state index contributed by atoms with van der Waals surface area (Å²) in [5, 5.41) is 1.71. The van der Waals surface area contributed by atoms with Crippen molar-refractivity contribution in [3.05, 3.63) is 12.2 Å². The van der Waals surface area contributed by atoms with Crippen molar-refractivity contribution >= 4 is 23.5 Å². The predicted octanol–water partition coefficient (Wildman–Crippen LogP) is 3.33. The monoisotopic (exact) mass is 200 g/mol. The van der Waals surface area contributed by atoms with Crippen LogP contribution >= 0.6 is 23.5 Å². The number of hydrogen-bond donors (Lipinski definition) is 0. The van der Waals surface area contributed by atoms with Crippen molar-refractivity contribution in [2.24, 2.45) is 0 Å². The van der Waals surface area contributed by atoms with Crippen molar-refractivity contribution in [1.29, 1.82) is 0 Å². The molecule has 2 fully saturated rings. The molecule has 0 aliphatic carbocycles. The van der Waals surface area contributed by atoms with Crippen molar-refractivity contribution in [2.75, 3.05) is 11.5 Å². The molecule has 2 heterocycles. The third-order valence-corrected chi connectivity index (χ3v) is 5.16. The van der Waals surface area contributed by atoms with Gasteiger partial charge in [-0.05, 0) is 37.2 Å². The highest BCUT2D eigenvalue weighted by Gasteiger charge is 2.15. The average molecular weight is 200 g/mol. The highest BCUT2D eigenvalue weighted by atomic mass is 32.2. The van der Waals surface area contributed by atoms with Crippen molar-refractivity contribution in [2.45, 2.75) is 36.2 Å². The van der Waals surface area contributed by atoms with Crippen molar-refractivity contribution in [3.63, 3.8) is 0 Å². The molecule has 0 nitrogen and oxygen atoms in total. The van der Waals surface area contributed by atoms with Gasteiger partial charge in [0.15, 0.2) is 0 Å². The van der Waals surface area contributed by atoms with Gasteiger partial charge in [-0.3, -0.25) is 0 Å². The topological polar surface area (TPSA) is 0 Å². The van der Waals surface area contributed by atoms with Gasteiger partial charge in [-0.15, -0.1) is 0 Å². The number of hydrogen-bond acceptors (Lipinski definition) is 2. The first-order valence-corrected chi connectivity index (χ1v) is 6.96. The van der Waals surface area contributed by atoms with Crippen LogP contribution in [0.1, 0.15) is 25.7 Å². The Hall–Kier alpha value is 0.440. The molecule has 0 N–H and O–H groups in total. The van der Waals surface area contributed by atoms with Gasteiger partial charge >= 0.3 is 0 Å². The zero-order valence-corrected chi connectivity index (χ0v) is 9.00. The van der Waals surface area contributed by atoms with Crippen LogP contribution in [0.2, 0.25) is 0 Å². The Morgan fingerprint density at radius 2 is 1.33 bits per heavy atom. The van der Waals surface area contributed by atoms with E-state index in [1.165, 1.54) is 37.2 Å². The molecule has 0 saturated carbocycles. The quantitative estimate of drug-likeness (QED) is 0.627. The van der Waals surface area contributed by atoms with Gasteiger partial charge in [-0.2, -0.15) is 23.5 Å². The van der Waals surface area contributed by atoms with Gasteiger partial charge in [0.1, 0.15) is 0 Å². The van der Waals surface area contributed by atoms with E-state index in [4.69, 9.17) is 0 Å². The molecular weight excluding hydrogens is 184 g/mol. The molecule has 0 aromatic heterocycles. The van der Waals surface area contributed by atoms with Gasteiger partial charge < -0.3 is 0 Å². The Bertz CT molecular complexity index is 135. The maximum absolute atomic E-state index is 2.46. The SMILES string of the molecule is C(=C\[C@H]1CCCS1)/[C@@H]1CCCS1. The average Bonchev–Trinajstić information content (AvgIpc) is 2.74. The molecule has 2 rings (SSSR count). The minimum absolute atomic E-state index is 0.853. The molecule has 2 atom stereocenters. The van der Waals surface area contributed by atoms with Crippen LogP contribution in [0.25, 0.3) is 0 Å². The summed E-state index contributed by atoms with van der Waals surface area (Å²) in [6, 6.07) is 0. The summed E-state index contributed by atoms with van der Waals surface area (Å²) in [5.74, 6) is 2.76. The van der Waals surface area contributed by atoms with E-state index in [1.807, 2.05) is 0 Å². The van der Waals surface area contributed by atoms with Gasteiger partial charge in [0.25, 0.3) is 0 Å². The van der Waals surface area contributed by atoms with Crippen LogP contribution in [-0.2, 0) is 0 Å². The summed E-state index contributed by atoms with van der Waals surface area (Å²) in [6.07, 6.45) is 10.6. The lowest BCUT2D eigenvalue weighted by molar-refractivity contribution is 0.859. The van der Waals surface area contributed by atoms with Crippen LogP contribution in [0, 0.1) is 0 Å². The van der Waals surface area contributed by atoms with Crippen LogP contribution < -0.4 is 0 Å². The Kier molecular flexibility index (Phi) is 3.47. The summed E-state index contributed by atoms with van der Waals surface area (Å²) < 4.78 is 0. The Morgan fingerprint density at radius 1 is 0.833 bits per heavy atom. The second kappa shape index (κ2) is 4.61. The van der Waals surface area contributed by atoms with Gasteiger partial charge in [0.2, 0.25) is 0 Å². The molecule has 0 unspecified atom stereocenters. The number of rotatable bonds is 2. The minimum atomic E-state index is 0.853. The molecule has 0 radical (unpaired) electrons. The van der Waals surface area contributed by atoms with Crippen molar-refractivity contribution in [3.8, 4) is 0 Å². The fourth-order valence-electron chi connectivity index (χ4n) is 1.76. The van der Waals surface area contributed by atoms with Crippen molar-refractivity contribution in [1.82, 2.24) is 0 Å². The van der Waals surface area contributed by atoms with Gasteiger partial charge in [-0.25, -0.2) is 0 Å². The van der Waals surface area contributed by atoms with E-state index in [2.05, 4.69) is 35.7 Å². The van der Waals surface area contributed by atoms with E-state index in [-0.39, 0.29) is 0 Å². The Balaban J connectivity index is 1.75. The summed E-state index contributed by atoms with van der Waals surface area (Å²) in [4.78, 5) is 0. The third-order valence-electron chi connectivity index (χ3n) is 2.47. The molecule has 0 bridgehead atoms. The number of thioether (sulfide) groups is 2. The second-order valence-corrected chi connectivity index (χ2v) is 6.18. The van der Waals surface area contributed by atoms with Crippen LogP contribution in [0.3, 0.4) is 0 Å². The van der Waals surface area contributed by atoms with Crippen LogP contribution in [0.4, 0.5) is 0 Å². The molecule has 0 aromatic carbocycles. The summed E-state index contributed by atoms with van der Waals surface area (Å²) in [6.45, 7) is 0. The van der Waals surface area contributed by atoms with E-state index in [1.54, 1.807) is 0 Å². The van der Waals surface area contributed by atoms with Crippen molar-refractivity contribution < 1.29 is 0 Å². The molecule has 2 aliphatic rings. The second-order valence-electron chi connectivity index (χ2n) is 3.49. The molecule has 0 aromatic rings. The van der Waals surface area contributed by atoms with E-state index >= 15 is 0 Å². The Morgan fingerprint density at radius 3 is 1.67 bits per heavy atom. The Labute approximate surface area is 83.6 Å². The minimum Gasteiger partial charge on any atom is -0.154 e. The lowest BCUT2D eigenvalue weighted by Crippen LogP contribution is -1.94. The molecule has 68 valence electrons. The normalized spacial score (nSPS) is 36.7. The molecule has 2 aliphatic heterocycles. The smallest absolute Gasteiger partial charge is 0.0227 e. The van der Waals surface area contributed by atoms with Crippen LogP contribution in [-0.4, -0.2) is 22.0 Å². The maximum Gasteiger partial charge on any atom is 0.0227 e. The first-order valence-electron chi connectivity index (χ1n) is 4.87. The molecule has 12 heavy (non-hydrogen) atoms. The highest BCUT2D eigenvalue weighted by molar-refractivity contribution is 8.00. The first-order chi connectivity index (χ1) is 5.95. The first kappa shape index (κ1) is 9.01. The zero-order valence-electron chi connectivity index (χ0n) is 7.37. The van der Waals surface area contributed by atoms with E-state index in [9.17, 15) is 0 Å². The lowest BCUT2D eigenvalue weighted by atomic mass is 10.2. The van der Waals surface area contributed by atoms with Gasteiger partial charge in [0.05, 0.1) is 0 Å². The summed E-state index contributed by atoms with van der Waals surface area (Å²) >= 11 is 4.26. The molecule has 0 amide bonds. The lowest BCUT2D eigenvalue weighted by Gasteiger charge is -2.03. The standard InChI is InChI=1S/C10H16S2/c1-3-9(11-7-1)5-6-10-4-2-8-12-10/h5-6,9-10H,1-4,7-8H2/b6-5+/t9-,10+. The van der Waals surface area contributed by atoms with Crippen LogP contribution in [0.5, 0.6) is 0 Å². The van der Waals surface area contributed by atoms with E-state index in [0.29, 0.717) is 0 Å². The van der Waals surface area contributed by atoms with E-state index < -0.39 is 0 Å². The summed E-state index contributed by atoms with van der Waals surface area (Å²) in [5.41, 5.74) is 0. The molecule has 2 heteroatoms.